The van der Waals surface area contributed by atoms with Gasteiger partial charge in [-0.25, -0.2) is 9.59 Å². The SMILES string of the molecule is C=CC1([C@H](NC(=O)OC(C)(C)C)C(=O)N2C[C@H]3[C@H]([C@H](C)C=C[C@@H]3C)[C@H]2C(=O)OC)CCC1. The predicted octanol–water partition coefficient (Wildman–Crippen LogP) is 3.69. The number of carbonyl (C=O) groups is 3. The third-order valence-electron chi connectivity index (χ3n) is 7.50. The maximum absolute atomic E-state index is 14.0. The first-order chi connectivity index (χ1) is 14.9. The van der Waals surface area contributed by atoms with Gasteiger partial charge in [0, 0.05) is 17.9 Å². The third-order valence-corrected chi connectivity index (χ3v) is 7.50. The van der Waals surface area contributed by atoms with Crippen LogP contribution in [-0.2, 0) is 19.1 Å². The number of methoxy groups -OCH3 is 1. The van der Waals surface area contributed by atoms with Crippen LogP contribution in [0, 0.1) is 29.1 Å². The predicted molar refractivity (Wildman–Crippen MR) is 122 cm³/mol. The summed E-state index contributed by atoms with van der Waals surface area (Å²) in [5.41, 5.74) is -1.23. The molecule has 1 saturated heterocycles. The number of hydrogen-bond acceptors (Lipinski definition) is 5. The number of carbonyl (C=O) groups excluding carboxylic acids is 3. The number of ether oxygens (including phenoxy) is 2. The highest BCUT2D eigenvalue weighted by atomic mass is 16.6. The molecule has 2 amide bonds. The highest BCUT2D eigenvalue weighted by Gasteiger charge is 2.56. The molecule has 0 unspecified atom stereocenters. The van der Waals surface area contributed by atoms with E-state index in [1.165, 1.54) is 7.11 Å². The first-order valence-corrected chi connectivity index (χ1v) is 11.6. The van der Waals surface area contributed by atoms with E-state index in [0.717, 1.165) is 19.3 Å². The second-order valence-electron chi connectivity index (χ2n) is 10.7. The second-order valence-corrected chi connectivity index (χ2v) is 10.7. The van der Waals surface area contributed by atoms with Crippen molar-refractivity contribution in [2.24, 2.45) is 29.1 Å². The Hall–Kier alpha value is -2.31. The molecule has 1 aliphatic heterocycles. The zero-order valence-corrected chi connectivity index (χ0v) is 20.2. The summed E-state index contributed by atoms with van der Waals surface area (Å²) in [7, 11) is 1.36. The summed E-state index contributed by atoms with van der Waals surface area (Å²) in [5, 5.41) is 2.83. The molecule has 0 aromatic carbocycles. The molecule has 3 aliphatic rings. The van der Waals surface area contributed by atoms with Crippen molar-refractivity contribution in [2.75, 3.05) is 13.7 Å². The van der Waals surface area contributed by atoms with Crippen LogP contribution in [0.15, 0.2) is 24.8 Å². The number of allylic oxidation sites excluding steroid dienone is 2. The molecule has 32 heavy (non-hydrogen) atoms. The van der Waals surface area contributed by atoms with Crippen LogP contribution >= 0.6 is 0 Å². The Morgan fingerprint density at radius 3 is 2.31 bits per heavy atom. The van der Waals surface area contributed by atoms with E-state index in [0.29, 0.717) is 6.54 Å². The number of fused-ring (bicyclic) bond motifs is 1. The van der Waals surface area contributed by atoms with Gasteiger partial charge in [-0.15, -0.1) is 6.58 Å². The van der Waals surface area contributed by atoms with Crippen LogP contribution in [0.4, 0.5) is 4.79 Å². The van der Waals surface area contributed by atoms with Gasteiger partial charge in [0.2, 0.25) is 5.91 Å². The van der Waals surface area contributed by atoms with Gasteiger partial charge in [-0.05, 0) is 51.4 Å². The Labute approximate surface area is 191 Å². The lowest BCUT2D eigenvalue weighted by molar-refractivity contribution is -0.155. The zero-order valence-electron chi connectivity index (χ0n) is 20.2. The summed E-state index contributed by atoms with van der Waals surface area (Å²) in [5.74, 6) is -0.138. The maximum atomic E-state index is 14.0. The summed E-state index contributed by atoms with van der Waals surface area (Å²) < 4.78 is 10.6. The average molecular weight is 447 g/mol. The Kier molecular flexibility index (Phi) is 6.78. The topological polar surface area (TPSA) is 84.9 Å². The molecule has 1 N–H and O–H groups in total. The molecular formula is C25H38N2O5. The maximum Gasteiger partial charge on any atom is 0.408 e. The van der Waals surface area contributed by atoms with Crippen molar-refractivity contribution in [1.82, 2.24) is 10.2 Å². The molecule has 7 nitrogen and oxygen atoms in total. The van der Waals surface area contributed by atoms with E-state index >= 15 is 0 Å². The molecule has 2 fully saturated rings. The smallest absolute Gasteiger partial charge is 0.408 e. The molecule has 0 aromatic rings. The van der Waals surface area contributed by atoms with Crippen LogP contribution in [0.1, 0.15) is 53.9 Å². The number of nitrogens with one attached hydrogen (secondary N) is 1. The lowest BCUT2D eigenvalue weighted by Gasteiger charge is -2.46. The Morgan fingerprint density at radius 2 is 1.81 bits per heavy atom. The van der Waals surface area contributed by atoms with Gasteiger partial charge >= 0.3 is 12.1 Å². The Morgan fingerprint density at radius 1 is 1.19 bits per heavy atom. The van der Waals surface area contributed by atoms with Crippen LogP contribution in [-0.4, -0.2) is 54.2 Å². The normalized spacial score (nSPS) is 31.7. The minimum absolute atomic E-state index is 0.0188. The fourth-order valence-corrected chi connectivity index (χ4v) is 5.59. The Balaban J connectivity index is 1.94. The highest BCUT2D eigenvalue weighted by Crippen LogP contribution is 2.48. The van der Waals surface area contributed by atoms with Gasteiger partial charge in [0.15, 0.2) is 0 Å². The monoisotopic (exact) mass is 446 g/mol. The lowest BCUT2D eigenvalue weighted by atomic mass is 9.63. The van der Waals surface area contributed by atoms with Crippen molar-refractivity contribution >= 4 is 18.0 Å². The van der Waals surface area contributed by atoms with Crippen molar-refractivity contribution in [3.8, 4) is 0 Å². The van der Waals surface area contributed by atoms with E-state index < -0.39 is 35.2 Å². The standard InChI is InChI=1S/C25H38N2O5/c1-8-25(12-9-13-25)20(26-23(30)32-24(4,5)6)21(28)27-14-17-15(2)10-11-16(3)18(17)19(27)22(29)31-7/h8,10-11,15-20H,1,9,12-14H2,2-7H3,(H,26,30)/t15-,16+,17+,18-,19-,20+/m0/s1. The summed E-state index contributed by atoms with van der Waals surface area (Å²) in [6.45, 7) is 14.0. The van der Waals surface area contributed by atoms with Gasteiger partial charge in [-0.2, -0.15) is 0 Å². The molecule has 0 radical (unpaired) electrons. The average Bonchev–Trinajstić information content (AvgIpc) is 3.09. The van der Waals surface area contributed by atoms with Gasteiger partial charge in [0.05, 0.1) is 7.11 Å². The number of rotatable bonds is 5. The van der Waals surface area contributed by atoms with Crippen LogP contribution in [0.5, 0.6) is 0 Å². The zero-order chi connectivity index (χ0) is 23.8. The molecular weight excluding hydrogens is 408 g/mol. The molecule has 2 aliphatic carbocycles. The number of amides is 2. The van der Waals surface area contributed by atoms with Crippen LogP contribution in [0.3, 0.4) is 0 Å². The van der Waals surface area contributed by atoms with Crippen LogP contribution < -0.4 is 5.32 Å². The van der Waals surface area contributed by atoms with Crippen molar-refractivity contribution in [1.29, 1.82) is 0 Å². The van der Waals surface area contributed by atoms with E-state index in [2.05, 4.69) is 37.9 Å². The fraction of sp³-hybridized carbons (Fsp3) is 0.720. The lowest BCUT2D eigenvalue weighted by Crippen LogP contribution is -2.61. The number of esters is 1. The molecule has 0 aromatic heterocycles. The molecule has 3 rings (SSSR count). The molecule has 7 heteroatoms. The van der Waals surface area contributed by atoms with Crippen LogP contribution in [0.2, 0.25) is 0 Å². The van der Waals surface area contributed by atoms with Crippen LogP contribution in [0.25, 0.3) is 0 Å². The number of likely N-dealkylation sites (tertiary alicyclic amines) is 1. The molecule has 1 saturated carbocycles. The number of hydrogen-bond donors (Lipinski definition) is 1. The van der Waals surface area contributed by atoms with Crippen molar-refractivity contribution in [3.63, 3.8) is 0 Å². The minimum atomic E-state index is -0.838. The van der Waals surface area contributed by atoms with E-state index in [4.69, 9.17) is 9.47 Å². The fourth-order valence-electron chi connectivity index (χ4n) is 5.59. The molecule has 6 atom stereocenters. The number of alkyl carbamates (subject to hydrolysis) is 1. The highest BCUT2D eigenvalue weighted by molar-refractivity contribution is 5.91. The summed E-state index contributed by atoms with van der Waals surface area (Å²) in [4.78, 5) is 41.2. The van der Waals surface area contributed by atoms with Crippen molar-refractivity contribution in [3.05, 3.63) is 24.8 Å². The van der Waals surface area contributed by atoms with Gasteiger partial charge in [0.1, 0.15) is 17.7 Å². The van der Waals surface area contributed by atoms with E-state index in [1.807, 2.05) is 0 Å². The van der Waals surface area contributed by atoms with Gasteiger partial charge in [-0.1, -0.05) is 38.5 Å². The van der Waals surface area contributed by atoms with Gasteiger partial charge < -0.3 is 19.7 Å². The van der Waals surface area contributed by atoms with Gasteiger partial charge in [0.25, 0.3) is 0 Å². The third kappa shape index (κ3) is 4.44. The van der Waals surface area contributed by atoms with Crippen molar-refractivity contribution in [2.45, 2.75) is 71.6 Å². The second kappa shape index (κ2) is 8.91. The van der Waals surface area contributed by atoms with E-state index in [1.54, 1.807) is 31.7 Å². The largest absolute Gasteiger partial charge is 0.467 e. The quantitative estimate of drug-likeness (QED) is 0.514. The molecule has 1 heterocycles. The first kappa shape index (κ1) is 24.3. The minimum Gasteiger partial charge on any atom is -0.467 e. The number of nitrogens with zero attached hydrogens (tertiary/aromatic N) is 1. The van der Waals surface area contributed by atoms with E-state index in [9.17, 15) is 14.4 Å². The van der Waals surface area contributed by atoms with Gasteiger partial charge in [-0.3, -0.25) is 4.79 Å². The summed E-state index contributed by atoms with van der Waals surface area (Å²) in [6, 6.07) is -1.51. The first-order valence-electron chi connectivity index (χ1n) is 11.6. The molecule has 0 spiro atoms. The molecule has 178 valence electrons. The Bertz CT molecular complexity index is 795. The van der Waals surface area contributed by atoms with Crippen molar-refractivity contribution < 1.29 is 23.9 Å². The van der Waals surface area contributed by atoms with E-state index in [-0.39, 0.29) is 29.6 Å². The summed E-state index contributed by atoms with van der Waals surface area (Å²) in [6.07, 6.45) is 7.89. The molecule has 0 bridgehead atoms. The summed E-state index contributed by atoms with van der Waals surface area (Å²) >= 11 is 0.